The van der Waals surface area contributed by atoms with Gasteiger partial charge < -0.3 is 4.90 Å². The molecule has 5 heteroatoms. The first kappa shape index (κ1) is 16.7. The molecule has 2 fully saturated rings. The fraction of sp³-hybridized carbons (Fsp3) is 0.500. The third-order valence-corrected chi connectivity index (χ3v) is 5.99. The molecule has 0 saturated carbocycles. The Morgan fingerprint density at radius 1 is 1.16 bits per heavy atom. The maximum atomic E-state index is 12.8. The van der Waals surface area contributed by atoms with Crippen molar-refractivity contribution in [1.29, 1.82) is 0 Å². The van der Waals surface area contributed by atoms with E-state index in [1.54, 1.807) is 11.3 Å². The van der Waals surface area contributed by atoms with Crippen LogP contribution in [0.25, 0.3) is 0 Å². The molecule has 1 atom stereocenters. The van der Waals surface area contributed by atoms with Crippen LogP contribution in [0.15, 0.2) is 35.0 Å². The molecule has 2 aliphatic rings. The fourth-order valence-electron chi connectivity index (χ4n) is 3.98. The molecule has 0 radical (unpaired) electrons. The van der Waals surface area contributed by atoms with E-state index < -0.39 is 0 Å². The number of hydrogen-bond donors (Lipinski definition) is 0. The summed E-state index contributed by atoms with van der Waals surface area (Å²) in [7, 11) is 0. The summed E-state index contributed by atoms with van der Waals surface area (Å²) in [6.07, 6.45) is 5.20. The SMILES string of the molecule is O=C(Cc1ccsc1)N1CCCC1c1cccc(CN2CCCC2)n1. The highest BCUT2D eigenvalue weighted by Crippen LogP contribution is 2.31. The number of aromatic nitrogens is 1. The predicted molar refractivity (Wildman–Crippen MR) is 100 cm³/mol. The summed E-state index contributed by atoms with van der Waals surface area (Å²) < 4.78 is 0. The van der Waals surface area contributed by atoms with Gasteiger partial charge >= 0.3 is 0 Å². The average molecular weight is 356 g/mol. The Bertz CT molecular complexity index is 709. The highest BCUT2D eigenvalue weighted by atomic mass is 32.1. The van der Waals surface area contributed by atoms with Gasteiger partial charge in [-0.05, 0) is 73.3 Å². The van der Waals surface area contributed by atoms with Crippen LogP contribution in [0.4, 0.5) is 0 Å². The van der Waals surface area contributed by atoms with E-state index >= 15 is 0 Å². The Morgan fingerprint density at radius 2 is 2.04 bits per heavy atom. The molecule has 132 valence electrons. The largest absolute Gasteiger partial charge is 0.334 e. The molecule has 25 heavy (non-hydrogen) atoms. The van der Waals surface area contributed by atoms with Gasteiger partial charge in [-0.15, -0.1) is 0 Å². The predicted octanol–water partition coefficient (Wildman–Crippen LogP) is 3.65. The third-order valence-electron chi connectivity index (χ3n) is 5.26. The van der Waals surface area contributed by atoms with Crippen molar-refractivity contribution in [2.45, 2.75) is 44.7 Å². The Labute approximate surface area is 153 Å². The van der Waals surface area contributed by atoms with Crippen LogP contribution in [0.1, 0.15) is 48.7 Å². The van der Waals surface area contributed by atoms with Crippen molar-refractivity contribution < 1.29 is 4.79 Å². The second-order valence-corrected chi connectivity index (χ2v) is 7.87. The van der Waals surface area contributed by atoms with Gasteiger partial charge in [-0.3, -0.25) is 14.7 Å². The minimum atomic E-state index is 0.143. The van der Waals surface area contributed by atoms with Gasteiger partial charge in [-0.1, -0.05) is 6.07 Å². The van der Waals surface area contributed by atoms with Crippen molar-refractivity contribution in [3.8, 4) is 0 Å². The third kappa shape index (κ3) is 3.93. The van der Waals surface area contributed by atoms with E-state index in [4.69, 9.17) is 4.98 Å². The van der Waals surface area contributed by atoms with Gasteiger partial charge in [-0.25, -0.2) is 0 Å². The van der Waals surface area contributed by atoms with Crippen LogP contribution in [0.5, 0.6) is 0 Å². The molecular weight excluding hydrogens is 330 g/mol. The van der Waals surface area contributed by atoms with Crippen LogP contribution in [0.2, 0.25) is 0 Å². The lowest BCUT2D eigenvalue weighted by atomic mass is 10.1. The smallest absolute Gasteiger partial charge is 0.227 e. The number of carbonyl (C=O) groups is 1. The molecule has 2 saturated heterocycles. The number of rotatable bonds is 5. The molecular formula is C20H25N3OS. The zero-order valence-electron chi connectivity index (χ0n) is 14.6. The summed E-state index contributed by atoms with van der Waals surface area (Å²) >= 11 is 1.65. The summed E-state index contributed by atoms with van der Waals surface area (Å²) in [5, 5.41) is 4.10. The minimum Gasteiger partial charge on any atom is -0.334 e. The van der Waals surface area contributed by atoms with Crippen LogP contribution in [0, 0.1) is 0 Å². The van der Waals surface area contributed by atoms with Crippen LogP contribution in [-0.4, -0.2) is 40.3 Å². The highest BCUT2D eigenvalue weighted by Gasteiger charge is 2.31. The fourth-order valence-corrected chi connectivity index (χ4v) is 4.65. The van der Waals surface area contributed by atoms with E-state index in [1.807, 2.05) is 16.3 Å². The molecule has 0 aliphatic carbocycles. The van der Waals surface area contributed by atoms with E-state index in [-0.39, 0.29) is 11.9 Å². The normalized spacial score (nSPS) is 21.1. The van der Waals surface area contributed by atoms with Crippen LogP contribution >= 0.6 is 11.3 Å². The van der Waals surface area contributed by atoms with Gasteiger partial charge in [0.05, 0.1) is 23.9 Å². The van der Waals surface area contributed by atoms with E-state index in [2.05, 4.69) is 28.5 Å². The van der Waals surface area contributed by atoms with Crippen LogP contribution in [0.3, 0.4) is 0 Å². The number of likely N-dealkylation sites (tertiary alicyclic amines) is 2. The first-order chi connectivity index (χ1) is 12.3. The standard InChI is InChI=1S/C20H25N3OS/c24-20(13-16-8-12-25-15-16)23-11-4-7-19(23)18-6-3-5-17(21-18)14-22-9-1-2-10-22/h3,5-6,8,12,15,19H,1-2,4,7,9-11,13-14H2. The van der Waals surface area contributed by atoms with Crippen LogP contribution in [-0.2, 0) is 17.8 Å². The lowest BCUT2D eigenvalue weighted by molar-refractivity contribution is -0.131. The molecule has 2 aromatic heterocycles. The number of pyridine rings is 1. The summed E-state index contributed by atoms with van der Waals surface area (Å²) in [4.78, 5) is 22.2. The van der Waals surface area contributed by atoms with E-state index in [9.17, 15) is 4.79 Å². The van der Waals surface area contributed by atoms with E-state index in [0.29, 0.717) is 6.42 Å². The van der Waals surface area contributed by atoms with Crippen molar-refractivity contribution in [2.75, 3.05) is 19.6 Å². The molecule has 0 N–H and O–H groups in total. The minimum absolute atomic E-state index is 0.143. The van der Waals surface area contributed by atoms with E-state index in [1.165, 1.54) is 25.9 Å². The van der Waals surface area contributed by atoms with Crippen molar-refractivity contribution in [3.05, 3.63) is 52.0 Å². The molecule has 2 aromatic rings. The summed E-state index contributed by atoms with van der Waals surface area (Å²) in [5.74, 6) is 0.229. The number of hydrogen-bond acceptors (Lipinski definition) is 4. The molecule has 4 heterocycles. The van der Waals surface area contributed by atoms with Crippen molar-refractivity contribution in [2.24, 2.45) is 0 Å². The molecule has 4 nitrogen and oxygen atoms in total. The maximum Gasteiger partial charge on any atom is 0.227 e. The lowest BCUT2D eigenvalue weighted by Crippen LogP contribution is -2.32. The summed E-state index contributed by atoms with van der Waals surface area (Å²) in [6, 6.07) is 8.50. The van der Waals surface area contributed by atoms with Gasteiger partial charge in [-0.2, -0.15) is 11.3 Å². The molecule has 1 unspecified atom stereocenters. The second kappa shape index (κ2) is 7.67. The van der Waals surface area contributed by atoms with Crippen LogP contribution < -0.4 is 0 Å². The Balaban J connectivity index is 1.46. The average Bonchev–Trinajstić information content (AvgIpc) is 3.37. The lowest BCUT2D eigenvalue weighted by Gasteiger charge is -2.25. The van der Waals surface area contributed by atoms with Gasteiger partial charge in [0.2, 0.25) is 5.91 Å². The zero-order valence-corrected chi connectivity index (χ0v) is 15.4. The van der Waals surface area contributed by atoms with Gasteiger partial charge in [0.25, 0.3) is 0 Å². The number of thiophene rings is 1. The monoisotopic (exact) mass is 355 g/mol. The van der Waals surface area contributed by atoms with Crippen molar-refractivity contribution >= 4 is 17.2 Å². The number of amides is 1. The molecule has 4 rings (SSSR count). The Hall–Kier alpha value is -1.72. The molecule has 0 spiro atoms. The number of carbonyl (C=O) groups excluding carboxylic acids is 1. The second-order valence-electron chi connectivity index (χ2n) is 7.09. The van der Waals surface area contributed by atoms with E-state index in [0.717, 1.165) is 42.9 Å². The maximum absolute atomic E-state index is 12.8. The van der Waals surface area contributed by atoms with Crippen molar-refractivity contribution in [3.63, 3.8) is 0 Å². The van der Waals surface area contributed by atoms with Crippen molar-refractivity contribution in [1.82, 2.24) is 14.8 Å². The molecule has 0 aromatic carbocycles. The summed E-state index contributed by atoms with van der Waals surface area (Å²) in [6.45, 7) is 4.15. The molecule has 0 bridgehead atoms. The highest BCUT2D eigenvalue weighted by molar-refractivity contribution is 7.08. The molecule has 1 amide bonds. The number of nitrogens with zero attached hydrogens (tertiary/aromatic N) is 3. The first-order valence-corrected chi connectivity index (χ1v) is 10.2. The van der Waals surface area contributed by atoms with Gasteiger partial charge in [0.15, 0.2) is 0 Å². The Kier molecular flexibility index (Phi) is 5.13. The quantitative estimate of drug-likeness (QED) is 0.821. The Morgan fingerprint density at radius 3 is 2.84 bits per heavy atom. The van der Waals surface area contributed by atoms with Gasteiger partial charge in [0, 0.05) is 13.1 Å². The first-order valence-electron chi connectivity index (χ1n) is 9.28. The topological polar surface area (TPSA) is 36.4 Å². The molecule has 2 aliphatic heterocycles. The zero-order chi connectivity index (χ0) is 17.1. The van der Waals surface area contributed by atoms with Gasteiger partial charge in [0.1, 0.15) is 0 Å². The summed E-state index contributed by atoms with van der Waals surface area (Å²) in [5.41, 5.74) is 3.32.